The summed E-state index contributed by atoms with van der Waals surface area (Å²) in [4.78, 5) is 0. The van der Waals surface area contributed by atoms with Crippen molar-refractivity contribution in [3.8, 4) is 0 Å². The molecule has 0 aliphatic heterocycles. The van der Waals surface area contributed by atoms with Crippen LogP contribution in [0.2, 0.25) is 5.04 Å². The molecular formula is C10H24O3Si. The van der Waals surface area contributed by atoms with Crippen LogP contribution < -0.4 is 0 Å². The number of hydrogen-bond donors (Lipinski definition) is 0. The first-order valence-corrected chi connectivity index (χ1v) is 6.73. The van der Waals surface area contributed by atoms with Crippen molar-refractivity contribution >= 4 is 8.80 Å². The first-order chi connectivity index (χ1) is 6.35. The van der Waals surface area contributed by atoms with Crippen LogP contribution in [0.5, 0.6) is 0 Å². The van der Waals surface area contributed by atoms with Gasteiger partial charge in [0.05, 0.1) is 0 Å². The zero-order valence-electron chi connectivity index (χ0n) is 10.5. The maximum Gasteiger partial charge on any atom is 0.506 e. The molecule has 0 unspecified atom stereocenters. The van der Waals surface area contributed by atoms with Gasteiger partial charge in [0.2, 0.25) is 0 Å². The molecule has 0 saturated heterocycles. The van der Waals surface area contributed by atoms with E-state index in [0.717, 1.165) is 6.42 Å². The summed E-state index contributed by atoms with van der Waals surface area (Å²) in [6.45, 7) is 8.69. The van der Waals surface area contributed by atoms with Crippen LogP contribution >= 0.6 is 0 Å². The molecule has 0 radical (unpaired) electrons. The molecule has 0 saturated carbocycles. The molecule has 0 atom stereocenters. The first kappa shape index (κ1) is 14.1. The molecule has 0 bridgehead atoms. The summed E-state index contributed by atoms with van der Waals surface area (Å²) in [5.41, 5.74) is 0. The van der Waals surface area contributed by atoms with E-state index >= 15 is 0 Å². The predicted molar refractivity (Wildman–Crippen MR) is 60.3 cm³/mol. The molecule has 14 heavy (non-hydrogen) atoms. The van der Waals surface area contributed by atoms with Gasteiger partial charge in [0.15, 0.2) is 0 Å². The maximum atomic E-state index is 5.50. The second-order valence-electron chi connectivity index (χ2n) is 4.65. The highest BCUT2D eigenvalue weighted by Gasteiger charge is 2.53. The van der Waals surface area contributed by atoms with Gasteiger partial charge in [-0.05, 0) is 12.3 Å². The molecule has 0 spiro atoms. The first-order valence-electron chi connectivity index (χ1n) is 5.00. The van der Waals surface area contributed by atoms with Gasteiger partial charge in [0, 0.05) is 26.4 Å². The van der Waals surface area contributed by atoms with Gasteiger partial charge in [0.25, 0.3) is 0 Å². The zero-order valence-corrected chi connectivity index (χ0v) is 11.5. The lowest BCUT2D eigenvalue weighted by atomic mass is 10.00. The Bertz CT molecular complexity index is 156. The molecule has 86 valence electrons. The third-order valence-corrected chi connectivity index (χ3v) is 6.03. The summed E-state index contributed by atoms with van der Waals surface area (Å²) in [6.07, 6.45) is 1.04. The summed E-state index contributed by atoms with van der Waals surface area (Å²) >= 11 is 0. The summed E-state index contributed by atoms with van der Waals surface area (Å²) in [5, 5.41) is -0.0422. The normalized spacial score (nSPS) is 13.7. The lowest BCUT2D eigenvalue weighted by Gasteiger charge is -2.39. The minimum absolute atomic E-state index is 0.0422. The minimum atomic E-state index is -2.51. The molecule has 3 nitrogen and oxygen atoms in total. The topological polar surface area (TPSA) is 27.7 Å². The van der Waals surface area contributed by atoms with E-state index < -0.39 is 8.80 Å². The van der Waals surface area contributed by atoms with E-state index in [1.165, 1.54) is 0 Å². The highest BCUT2D eigenvalue weighted by molar-refractivity contribution is 6.64. The van der Waals surface area contributed by atoms with Gasteiger partial charge in [-0.3, -0.25) is 0 Å². The van der Waals surface area contributed by atoms with Crippen molar-refractivity contribution in [1.29, 1.82) is 0 Å². The van der Waals surface area contributed by atoms with Crippen LogP contribution in [0.3, 0.4) is 0 Å². The van der Waals surface area contributed by atoms with E-state index in [1.807, 2.05) is 0 Å². The van der Waals surface area contributed by atoms with Gasteiger partial charge < -0.3 is 13.3 Å². The number of rotatable bonds is 6. The Morgan fingerprint density at radius 1 is 1.00 bits per heavy atom. The average molecular weight is 220 g/mol. The molecule has 0 amide bonds. The van der Waals surface area contributed by atoms with Crippen molar-refractivity contribution in [3.63, 3.8) is 0 Å². The number of hydrogen-bond acceptors (Lipinski definition) is 3. The third kappa shape index (κ3) is 2.79. The van der Waals surface area contributed by atoms with Crippen LogP contribution in [0.4, 0.5) is 0 Å². The fourth-order valence-electron chi connectivity index (χ4n) is 2.22. The van der Waals surface area contributed by atoms with Gasteiger partial charge >= 0.3 is 8.80 Å². The van der Waals surface area contributed by atoms with Gasteiger partial charge in [0.1, 0.15) is 0 Å². The second-order valence-corrected chi connectivity index (χ2v) is 8.34. The largest absolute Gasteiger partial charge is 0.506 e. The van der Waals surface area contributed by atoms with E-state index in [-0.39, 0.29) is 5.04 Å². The van der Waals surface area contributed by atoms with Crippen molar-refractivity contribution in [2.24, 2.45) is 5.92 Å². The smallest absolute Gasteiger partial charge is 0.377 e. The molecule has 0 aliphatic carbocycles. The van der Waals surface area contributed by atoms with Crippen LogP contribution in [0.15, 0.2) is 0 Å². The fourth-order valence-corrected chi connectivity index (χ4v) is 5.04. The van der Waals surface area contributed by atoms with Gasteiger partial charge in [-0.25, -0.2) is 0 Å². The van der Waals surface area contributed by atoms with Crippen LogP contribution in [0, 0.1) is 5.92 Å². The lowest BCUT2D eigenvalue weighted by Crippen LogP contribution is -2.52. The average Bonchev–Trinajstić information content (AvgIpc) is 2.05. The Kier molecular flexibility index (Phi) is 5.29. The molecule has 4 heteroatoms. The summed E-state index contributed by atoms with van der Waals surface area (Å²) in [6, 6.07) is 0. The maximum absolute atomic E-state index is 5.50. The van der Waals surface area contributed by atoms with Crippen LogP contribution in [-0.4, -0.2) is 30.1 Å². The summed E-state index contributed by atoms with van der Waals surface area (Å²) in [7, 11) is 2.50. The molecule has 0 rings (SSSR count). The monoisotopic (exact) mass is 220 g/mol. The van der Waals surface area contributed by atoms with E-state index in [1.54, 1.807) is 21.3 Å². The van der Waals surface area contributed by atoms with Gasteiger partial charge in [-0.2, -0.15) is 0 Å². The summed E-state index contributed by atoms with van der Waals surface area (Å²) in [5.74, 6) is 0.609. The SMILES string of the molecule is CO[Si](OC)(OC)C(C)(C)CC(C)C. The molecule has 0 aliphatic rings. The lowest BCUT2D eigenvalue weighted by molar-refractivity contribution is 0.0902. The third-order valence-electron chi connectivity index (χ3n) is 2.55. The Balaban J connectivity index is 4.78. The molecule has 0 heterocycles. The van der Waals surface area contributed by atoms with Gasteiger partial charge in [-0.1, -0.05) is 27.7 Å². The van der Waals surface area contributed by atoms with Crippen molar-refractivity contribution < 1.29 is 13.3 Å². The Morgan fingerprint density at radius 3 is 1.57 bits per heavy atom. The van der Waals surface area contributed by atoms with E-state index in [4.69, 9.17) is 13.3 Å². The Labute approximate surface area is 89.1 Å². The van der Waals surface area contributed by atoms with Crippen molar-refractivity contribution in [2.75, 3.05) is 21.3 Å². The van der Waals surface area contributed by atoms with E-state index in [9.17, 15) is 0 Å². The molecule has 0 aromatic carbocycles. The van der Waals surface area contributed by atoms with Crippen molar-refractivity contribution in [1.82, 2.24) is 0 Å². The molecule has 0 aromatic rings. The predicted octanol–water partition coefficient (Wildman–Crippen LogP) is 2.69. The van der Waals surface area contributed by atoms with Crippen molar-refractivity contribution in [2.45, 2.75) is 39.2 Å². The molecular weight excluding hydrogens is 196 g/mol. The quantitative estimate of drug-likeness (QED) is 0.644. The van der Waals surface area contributed by atoms with E-state index in [2.05, 4.69) is 27.7 Å². The fraction of sp³-hybridized carbons (Fsp3) is 1.00. The Morgan fingerprint density at radius 2 is 1.36 bits per heavy atom. The zero-order chi connectivity index (χ0) is 11.4. The van der Waals surface area contributed by atoms with Crippen LogP contribution in [-0.2, 0) is 13.3 Å². The highest BCUT2D eigenvalue weighted by atomic mass is 28.4. The highest BCUT2D eigenvalue weighted by Crippen LogP contribution is 2.43. The molecule has 0 fully saturated rings. The summed E-state index contributed by atoms with van der Waals surface area (Å²) < 4.78 is 16.5. The second kappa shape index (κ2) is 5.26. The van der Waals surface area contributed by atoms with Gasteiger partial charge in [-0.15, -0.1) is 0 Å². The molecule has 0 N–H and O–H groups in total. The van der Waals surface area contributed by atoms with Crippen LogP contribution in [0.25, 0.3) is 0 Å². The van der Waals surface area contributed by atoms with E-state index in [0.29, 0.717) is 5.92 Å². The minimum Gasteiger partial charge on any atom is -0.377 e. The standard InChI is InChI=1S/C10H24O3Si/c1-9(2)8-10(3,4)14(11-5,12-6)13-7/h9H,8H2,1-7H3. The Hall–Kier alpha value is 0.0969. The molecule has 0 aromatic heterocycles. The van der Waals surface area contributed by atoms with Crippen molar-refractivity contribution in [3.05, 3.63) is 0 Å². The van der Waals surface area contributed by atoms with Crippen LogP contribution in [0.1, 0.15) is 34.1 Å².